The van der Waals surface area contributed by atoms with Gasteiger partial charge in [0.15, 0.2) is 0 Å². The number of carbonyl (C=O) groups excluding carboxylic acids is 1. The number of hydrogen-bond donors (Lipinski definition) is 2. The molecule has 7 heteroatoms. The van der Waals surface area contributed by atoms with Crippen molar-refractivity contribution in [3.05, 3.63) is 95.7 Å². The van der Waals surface area contributed by atoms with Gasteiger partial charge in [0.1, 0.15) is 11.9 Å². The number of nitrogens with zero attached hydrogens (tertiary/aromatic N) is 2. The average molecular weight is 470 g/mol. The van der Waals surface area contributed by atoms with Gasteiger partial charge in [-0.25, -0.2) is 4.79 Å². The Bertz CT molecular complexity index is 1340. The predicted octanol–water partition coefficient (Wildman–Crippen LogP) is 6.00. The standard InChI is InChI=1S/C28H27N3O4/c1-18-6-4-5-7-24(18)19(2)35-28(34)30-27-25(17-29-31(27)3)23-14-12-22(13-15-23)21-10-8-20(9-11-21)16-26(32)33/h4-15,17,19H,16H2,1-3H3,(H,30,34)(H,32,33). The number of carbonyl (C=O) groups is 2. The number of rotatable bonds is 7. The number of carboxylic acids is 1. The first-order valence-corrected chi connectivity index (χ1v) is 11.3. The number of benzene rings is 3. The van der Waals surface area contributed by atoms with Crippen LogP contribution in [0.5, 0.6) is 0 Å². The molecule has 1 unspecified atom stereocenters. The summed E-state index contributed by atoms with van der Waals surface area (Å²) in [7, 11) is 1.76. The number of aromatic nitrogens is 2. The van der Waals surface area contributed by atoms with E-state index in [4.69, 9.17) is 9.84 Å². The molecule has 1 atom stereocenters. The van der Waals surface area contributed by atoms with Gasteiger partial charge in [-0.2, -0.15) is 5.10 Å². The number of anilines is 1. The van der Waals surface area contributed by atoms with Crippen molar-refractivity contribution < 1.29 is 19.4 Å². The maximum atomic E-state index is 12.7. The molecule has 178 valence electrons. The van der Waals surface area contributed by atoms with E-state index in [1.54, 1.807) is 17.9 Å². The third kappa shape index (κ3) is 5.58. The summed E-state index contributed by atoms with van der Waals surface area (Å²) in [6.07, 6.45) is 0.760. The second kappa shape index (κ2) is 10.3. The molecule has 3 aromatic carbocycles. The van der Waals surface area contributed by atoms with Crippen LogP contribution in [-0.2, 0) is 23.0 Å². The van der Waals surface area contributed by atoms with Crippen molar-refractivity contribution in [2.24, 2.45) is 7.05 Å². The zero-order chi connectivity index (χ0) is 24.9. The van der Waals surface area contributed by atoms with Crippen LogP contribution in [0.4, 0.5) is 10.6 Å². The molecule has 0 fully saturated rings. The molecule has 0 aliphatic rings. The third-order valence-corrected chi connectivity index (χ3v) is 5.91. The minimum absolute atomic E-state index is 0.00215. The molecule has 7 nitrogen and oxygen atoms in total. The van der Waals surface area contributed by atoms with Gasteiger partial charge in [0, 0.05) is 12.6 Å². The average Bonchev–Trinajstić information content (AvgIpc) is 3.19. The van der Waals surface area contributed by atoms with Gasteiger partial charge in [-0.3, -0.25) is 14.8 Å². The van der Waals surface area contributed by atoms with Crippen molar-refractivity contribution in [3.8, 4) is 22.3 Å². The van der Waals surface area contributed by atoms with E-state index in [0.717, 1.165) is 38.9 Å². The van der Waals surface area contributed by atoms with Gasteiger partial charge < -0.3 is 9.84 Å². The smallest absolute Gasteiger partial charge is 0.413 e. The minimum Gasteiger partial charge on any atom is -0.481 e. The topological polar surface area (TPSA) is 93.4 Å². The fraction of sp³-hybridized carbons (Fsp3) is 0.179. The number of hydrogen-bond acceptors (Lipinski definition) is 4. The van der Waals surface area contributed by atoms with Crippen LogP contribution in [0.25, 0.3) is 22.3 Å². The SMILES string of the molecule is Cc1ccccc1C(C)OC(=O)Nc1c(-c2ccc(-c3ccc(CC(=O)O)cc3)cc2)cnn1C. The van der Waals surface area contributed by atoms with Crippen molar-refractivity contribution in [1.82, 2.24) is 9.78 Å². The van der Waals surface area contributed by atoms with Crippen LogP contribution in [-0.4, -0.2) is 26.9 Å². The molecule has 0 saturated carbocycles. The van der Waals surface area contributed by atoms with Gasteiger partial charge in [-0.05, 0) is 47.2 Å². The molecule has 2 N–H and O–H groups in total. The Kier molecular flexibility index (Phi) is 6.96. The molecule has 1 heterocycles. The van der Waals surface area contributed by atoms with Crippen LogP contribution in [0.15, 0.2) is 79.0 Å². The number of nitrogens with one attached hydrogen (secondary N) is 1. The number of amides is 1. The summed E-state index contributed by atoms with van der Waals surface area (Å²) in [5.74, 6) is -0.311. The van der Waals surface area contributed by atoms with E-state index in [2.05, 4.69) is 10.4 Å². The van der Waals surface area contributed by atoms with E-state index in [1.165, 1.54) is 0 Å². The molecule has 1 aromatic heterocycles. The fourth-order valence-corrected chi connectivity index (χ4v) is 4.02. The third-order valence-electron chi connectivity index (χ3n) is 5.91. The quantitative estimate of drug-likeness (QED) is 0.346. The summed E-state index contributed by atoms with van der Waals surface area (Å²) in [5, 5.41) is 16.1. The van der Waals surface area contributed by atoms with Crippen molar-refractivity contribution in [2.45, 2.75) is 26.4 Å². The summed E-state index contributed by atoms with van der Waals surface area (Å²) in [5.41, 5.74) is 6.44. The maximum absolute atomic E-state index is 12.7. The number of aliphatic carboxylic acids is 1. The van der Waals surface area contributed by atoms with Gasteiger partial charge in [0.25, 0.3) is 0 Å². The Labute approximate surface area is 204 Å². The van der Waals surface area contributed by atoms with Gasteiger partial charge in [0.2, 0.25) is 0 Å². The monoisotopic (exact) mass is 469 g/mol. The Morgan fingerprint density at radius 2 is 1.57 bits per heavy atom. The van der Waals surface area contributed by atoms with Gasteiger partial charge in [-0.15, -0.1) is 0 Å². The van der Waals surface area contributed by atoms with Crippen LogP contribution in [0.1, 0.15) is 29.7 Å². The number of ether oxygens (including phenoxy) is 1. The molecule has 4 rings (SSSR count). The highest BCUT2D eigenvalue weighted by Crippen LogP contribution is 2.30. The van der Waals surface area contributed by atoms with Gasteiger partial charge in [0.05, 0.1) is 12.6 Å². The van der Waals surface area contributed by atoms with Crippen LogP contribution in [0, 0.1) is 6.92 Å². The molecule has 0 spiro atoms. The first-order chi connectivity index (χ1) is 16.8. The second-order valence-electron chi connectivity index (χ2n) is 8.40. The second-order valence-corrected chi connectivity index (χ2v) is 8.40. The lowest BCUT2D eigenvalue weighted by Crippen LogP contribution is -2.18. The summed E-state index contributed by atoms with van der Waals surface area (Å²) in [6.45, 7) is 3.83. The predicted molar refractivity (Wildman–Crippen MR) is 135 cm³/mol. The van der Waals surface area contributed by atoms with E-state index in [-0.39, 0.29) is 6.42 Å². The first kappa shape index (κ1) is 23.8. The molecule has 35 heavy (non-hydrogen) atoms. The number of aryl methyl sites for hydroxylation is 2. The molecule has 0 saturated heterocycles. The molecular formula is C28H27N3O4. The van der Waals surface area contributed by atoms with Gasteiger partial charge >= 0.3 is 12.1 Å². The molecule has 0 aliphatic carbocycles. The van der Waals surface area contributed by atoms with Crippen molar-refractivity contribution in [3.63, 3.8) is 0 Å². The highest BCUT2D eigenvalue weighted by molar-refractivity contribution is 5.90. The lowest BCUT2D eigenvalue weighted by molar-refractivity contribution is -0.136. The normalized spacial score (nSPS) is 11.6. The van der Waals surface area contributed by atoms with E-state index in [0.29, 0.717) is 5.82 Å². The molecule has 4 aromatic rings. The summed E-state index contributed by atoms with van der Waals surface area (Å²) in [4.78, 5) is 23.5. The maximum Gasteiger partial charge on any atom is 0.413 e. The number of carboxylic acid groups (broad SMARTS) is 1. The molecular weight excluding hydrogens is 442 g/mol. The van der Waals surface area contributed by atoms with Crippen LogP contribution < -0.4 is 5.32 Å². The van der Waals surface area contributed by atoms with Gasteiger partial charge in [-0.1, -0.05) is 72.8 Å². The Morgan fingerprint density at radius 3 is 2.20 bits per heavy atom. The zero-order valence-electron chi connectivity index (χ0n) is 19.9. The van der Waals surface area contributed by atoms with E-state index >= 15 is 0 Å². The highest BCUT2D eigenvalue weighted by atomic mass is 16.6. The largest absolute Gasteiger partial charge is 0.481 e. The molecule has 1 amide bonds. The van der Waals surface area contributed by atoms with E-state index in [1.807, 2.05) is 86.6 Å². The molecule has 0 bridgehead atoms. The summed E-state index contributed by atoms with van der Waals surface area (Å²) in [6, 6.07) is 23.2. The minimum atomic E-state index is -0.850. The Balaban J connectivity index is 1.48. The summed E-state index contributed by atoms with van der Waals surface area (Å²) < 4.78 is 7.22. The van der Waals surface area contributed by atoms with Crippen molar-refractivity contribution in [1.29, 1.82) is 0 Å². The van der Waals surface area contributed by atoms with E-state index < -0.39 is 18.2 Å². The molecule has 0 aliphatic heterocycles. The van der Waals surface area contributed by atoms with Crippen LogP contribution in [0.2, 0.25) is 0 Å². The lowest BCUT2D eigenvalue weighted by Gasteiger charge is -2.17. The van der Waals surface area contributed by atoms with E-state index in [9.17, 15) is 9.59 Å². The van der Waals surface area contributed by atoms with Crippen molar-refractivity contribution in [2.75, 3.05) is 5.32 Å². The first-order valence-electron chi connectivity index (χ1n) is 11.3. The van der Waals surface area contributed by atoms with Crippen LogP contribution >= 0.6 is 0 Å². The Morgan fingerprint density at radius 1 is 0.971 bits per heavy atom. The van der Waals surface area contributed by atoms with Crippen molar-refractivity contribution >= 4 is 17.9 Å². The molecule has 0 radical (unpaired) electrons. The lowest BCUT2D eigenvalue weighted by atomic mass is 10.00. The fourth-order valence-electron chi connectivity index (χ4n) is 4.02. The summed E-state index contributed by atoms with van der Waals surface area (Å²) >= 11 is 0. The Hall–Kier alpha value is -4.39. The highest BCUT2D eigenvalue weighted by Gasteiger charge is 2.18. The zero-order valence-corrected chi connectivity index (χ0v) is 19.9. The van der Waals surface area contributed by atoms with Crippen LogP contribution in [0.3, 0.4) is 0 Å².